The number of halogens is 2. The minimum Gasteiger partial charge on any atom is -0.383 e. The molecule has 2 N–H and O–H groups in total. The Morgan fingerprint density at radius 1 is 1.24 bits per heavy atom. The molecule has 8 heteroatoms. The molecule has 114 valence electrons. The van der Waals surface area contributed by atoms with Crippen molar-refractivity contribution in [2.75, 3.05) is 6.54 Å². The largest absolute Gasteiger partial charge is 0.383 e. The summed E-state index contributed by atoms with van der Waals surface area (Å²) in [6.45, 7) is 1.02. The van der Waals surface area contributed by atoms with E-state index in [0.717, 1.165) is 18.2 Å². The number of hydrogen-bond acceptors (Lipinski definition) is 4. The second-order valence-corrected chi connectivity index (χ2v) is 7.28. The summed E-state index contributed by atoms with van der Waals surface area (Å²) in [4.78, 5) is -0.508. The van der Waals surface area contributed by atoms with Crippen LogP contribution in [0.5, 0.6) is 0 Å². The molecule has 0 aliphatic heterocycles. The highest BCUT2D eigenvalue weighted by Gasteiger charge is 2.29. The zero-order valence-electron chi connectivity index (χ0n) is 11.0. The Balaban J connectivity index is 2.23. The summed E-state index contributed by atoms with van der Waals surface area (Å²) in [6, 6.07) is 6.14. The van der Waals surface area contributed by atoms with Gasteiger partial charge in [-0.1, -0.05) is 12.1 Å². The van der Waals surface area contributed by atoms with Crippen LogP contribution in [0.15, 0.2) is 40.6 Å². The van der Waals surface area contributed by atoms with E-state index in [0.29, 0.717) is 4.88 Å². The van der Waals surface area contributed by atoms with Gasteiger partial charge in [-0.3, -0.25) is 0 Å². The standard InChI is InChI=1S/C13H13F2NO3S2/c1-13(17,11-6-3-7-20-11)8-16-21(18,19)12-9(14)4-2-5-10(12)15/h2-7,16-17H,8H2,1H3/t13-/m1/s1. The molecule has 0 unspecified atom stereocenters. The van der Waals surface area contributed by atoms with Crippen LogP contribution in [0.1, 0.15) is 11.8 Å². The molecule has 1 heterocycles. The number of aliphatic hydroxyl groups is 1. The predicted molar refractivity (Wildman–Crippen MR) is 75.4 cm³/mol. The number of sulfonamides is 1. The van der Waals surface area contributed by atoms with Gasteiger partial charge >= 0.3 is 0 Å². The molecule has 0 saturated carbocycles. The van der Waals surface area contributed by atoms with Gasteiger partial charge in [0.05, 0.1) is 0 Å². The van der Waals surface area contributed by atoms with Crippen LogP contribution in [0.3, 0.4) is 0 Å². The maximum absolute atomic E-state index is 13.5. The van der Waals surface area contributed by atoms with Gasteiger partial charge in [-0.15, -0.1) is 11.3 Å². The summed E-state index contributed by atoms with van der Waals surface area (Å²) >= 11 is 1.25. The van der Waals surface area contributed by atoms with Gasteiger partial charge in [0.2, 0.25) is 10.0 Å². The van der Waals surface area contributed by atoms with Crippen molar-refractivity contribution >= 4 is 21.4 Å². The Kier molecular flexibility index (Phi) is 4.43. The zero-order valence-corrected chi connectivity index (χ0v) is 12.6. The van der Waals surface area contributed by atoms with E-state index in [2.05, 4.69) is 0 Å². The quantitative estimate of drug-likeness (QED) is 0.882. The minimum absolute atomic E-state index is 0.399. The summed E-state index contributed by atoms with van der Waals surface area (Å²) in [5.41, 5.74) is -1.47. The fourth-order valence-corrected chi connectivity index (χ4v) is 3.77. The molecule has 1 atom stereocenters. The van der Waals surface area contributed by atoms with Gasteiger partial charge in [-0.05, 0) is 30.5 Å². The van der Waals surface area contributed by atoms with Gasteiger partial charge in [0.1, 0.15) is 17.2 Å². The van der Waals surface area contributed by atoms with Crippen LogP contribution in [0.4, 0.5) is 8.78 Å². The smallest absolute Gasteiger partial charge is 0.246 e. The van der Waals surface area contributed by atoms with Gasteiger partial charge in [-0.2, -0.15) is 0 Å². The highest BCUT2D eigenvalue weighted by atomic mass is 32.2. The topological polar surface area (TPSA) is 66.4 Å². The summed E-state index contributed by atoms with van der Waals surface area (Å²) in [7, 11) is -4.40. The van der Waals surface area contributed by atoms with E-state index in [1.54, 1.807) is 17.5 Å². The Morgan fingerprint density at radius 3 is 2.38 bits per heavy atom. The first-order chi connectivity index (χ1) is 9.74. The van der Waals surface area contributed by atoms with Crippen LogP contribution < -0.4 is 4.72 Å². The summed E-state index contributed by atoms with van der Waals surface area (Å²) < 4.78 is 53.1. The molecule has 0 spiro atoms. The van der Waals surface area contributed by atoms with Crippen molar-refractivity contribution in [3.63, 3.8) is 0 Å². The van der Waals surface area contributed by atoms with Crippen molar-refractivity contribution in [3.05, 3.63) is 52.2 Å². The maximum atomic E-state index is 13.5. The van der Waals surface area contributed by atoms with Gasteiger partial charge < -0.3 is 5.11 Å². The minimum atomic E-state index is -4.40. The molecule has 21 heavy (non-hydrogen) atoms. The van der Waals surface area contributed by atoms with Gasteiger partial charge in [-0.25, -0.2) is 21.9 Å². The molecule has 0 fully saturated rings. The van der Waals surface area contributed by atoms with E-state index in [4.69, 9.17) is 0 Å². The van der Waals surface area contributed by atoms with E-state index >= 15 is 0 Å². The second-order valence-electron chi connectivity index (χ2n) is 4.63. The van der Waals surface area contributed by atoms with Crippen molar-refractivity contribution in [3.8, 4) is 0 Å². The highest BCUT2D eigenvalue weighted by Crippen LogP contribution is 2.25. The highest BCUT2D eigenvalue weighted by molar-refractivity contribution is 7.89. The molecule has 2 rings (SSSR count). The molecule has 1 aromatic heterocycles. The Labute approximate surface area is 125 Å². The lowest BCUT2D eigenvalue weighted by Gasteiger charge is -2.22. The van der Waals surface area contributed by atoms with Crippen LogP contribution in [0.2, 0.25) is 0 Å². The average Bonchev–Trinajstić information content (AvgIpc) is 2.91. The number of thiophene rings is 1. The lowest BCUT2D eigenvalue weighted by molar-refractivity contribution is 0.0665. The average molecular weight is 333 g/mol. The molecule has 0 radical (unpaired) electrons. The lowest BCUT2D eigenvalue weighted by Crippen LogP contribution is -2.38. The van der Waals surface area contributed by atoms with E-state index < -0.39 is 38.7 Å². The van der Waals surface area contributed by atoms with Gasteiger partial charge in [0.25, 0.3) is 0 Å². The van der Waals surface area contributed by atoms with Crippen LogP contribution in [0, 0.1) is 11.6 Å². The fourth-order valence-electron chi connectivity index (χ4n) is 1.72. The number of rotatable bonds is 5. The second kappa shape index (κ2) is 5.80. The zero-order chi connectivity index (χ0) is 15.7. The number of benzene rings is 1. The lowest BCUT2D eigenvalue weighted by atomic mass is 10.1. The number of hydrogen-bond donors (Lipinski definition) is 2. The predicted octanol–water partition coefficient (Wildman–Crippen LogP) is 2.21. The number of nitrogens with one attached hydrogen (secondary N) is 1. The third-order valence-corrected chi connectivity index (χ3v) is 5.42. The molecular weight excluding hydrogens is 320 g/mol. The third kappa shape index (κ3) is 3.46. The van der Waals surface area contributed by atoms with E-state index in [9.17, 15) is 22.3 Å². The van der Waals surface area contributed by atoms with E-state index in [1.807, 2.05) is 4.72 Å². The Bertz CT molecular complexity index is 708. The van der Waals surface area contributed by atoms with Crippen molar-refractivity contribution in [2.24, 2.45) is 0 Å². The molecule has 0 amide bonds. The van der Waals surface area contributed by atoms with Crippen LogP contribution in [0.25, 0.3) is 0 Å². The van der Waals surface area contributed by atoms with Crippen molar-refractivity contribution in [2.45, 2.75) is 17.4 Å². The van der Waals surface area contributed by atoms with E-state index in [1.165, 1.54) is 18.3 Å². The molecule has 1 aromatic carbocycles. The monoisotopic (exact) mass is 333 g/mol. The van der Waals surface area contributed by atoms with Crippen LogP contribution in [-0.2, 0) is 15.6 Å². The molecular formula is C13H13F2NO3S2. The first kappa shape index (κ1) is 16.0. The van der Waals surface area contributed by atoms with Crippen molar-refractivity contribution < 1.29 is 22.3 Å². The molecule has 0 aliphatic carbocycles. The SMILES string of the molecule is C[C@@](O)(CNS(=O)(=O)c1c(F)cccc1F)c1cccs1. The molecule has 2 aromatic rings. The first-order valence-corrected chi connectivity index (χ1v) is 8.30. The normalized spacial score (nSPS) is 14.9. The third-order valence-electron chi connectivity index (χ3n) is 2.85. The van der Waals surface area contributed by atoms with Crippen molar-refractivity contribution in [1.82, 2.24) is 4.72 Å². The molecule has 0 aliphatic rings. The molecule has 0 bridgehead atoms. The van der Waals surface area contributed by atoms with Crippen LogP contribution in [-0.4, -0.2) is 20.1 Å². The van der Waals surface area contributed by atoms with Gasteiger partial charge in [0.15, 0.2) is 4.90 Å². The van der Waals surface area contributed by atoms with Crippen molar-refractivity contribution in [1.29, 1.82) is 0 Å². The van der Waals surface area contributed by atoms with E-state index in [-0.39, 0.29) is 0 Å². The summed E-state index contributed by atoms with van der Waals surface area (Å²) in [5.74, 6) is -2.36. The fraction of sp³-hybridized carbons (Fsp3) is 0.231. The Hall–Kier alpha value is -1.35. The first-order valence-electron chi connectivity index (χ1n) is 5.94. The van der Waals surface area contributed by atoms with Crippen LogP contribution >= 0.6 is 11.3 Å². The van der Waals surface area contributed by atoms with Gasteiger partial charge in [0, 0.05) is 11.4 Å². The Morgan fingerprint density at radius 2 is 1.86 bits per heavy atom. The summed E-state index contributed by atoms with van der Waals surface area (Å²) in [5, 5.41) is 12.0. The summed E-state index contributed by atoms with van der Waals surface area (Å²) in [6.07, 6.45) is 0. The molecule has 0 saturated heterocycles. The maximum Gasteiger partial charge on any atom is 0.246 e. The molecule has 4 nitrogen and oxygen atoms in total.